The van der Waals surface area contributed by atoms with E-state index in [-0.39, 0.29) is 16.5 Å². The molecule has 0 radical (unpaired) electrons. The number of primary amides is 1. The third-order valence-electron chi connectivity index (χ3n) is 7.58. The molecule has 7 nitrogen and oxygen atoms in total. The van der Waals surface area contributed by atoms with E-state index in [0.29, 0.717) is 18.0 Å². The molecule has 1 aliphatic rings. The molecule has 1 aliphatic carbocycles. The predicted octanol–water partition coefficient (Wildman–Crippen LogP) is 3.96. The Morgan fingerprint density at radius 2 is 1.94 bits per heavy atom. The summed E-state index contributed by atoms with van der Waals surface area (Å²) in [7, 11) is 0. The van der Waals surface area contributed by atoms with Crippen molar-refractivity contribution >= 4 is 39.1 Å². The molecular weight excluding hydrogens is 496 g/mol. The number of phenols is 1. The SMILES string of the molecule is NC(=O)CC[N+](CCNCCc1ccc(O)c2[nH]c(=O)sc12)(CCc1cccc(Cl)c1)C1CCCC1. The summed E-state index contributed by atoms with van der Waals surface area (Å²) in [5.41, 5.74) is 8.39. The van der Waals surface area contributed by atoms with Crippen molar-refractivity contribution in [3.05, 3.63) is 62.2 Å². The Morgan fingerprint density at radius 3 is 2.69 bits per heavy atom. The molecule has 3 aromatic rings. The van der Waals surface area contributed by atoms with Crippen molar-refractivity contribution in [3.8, 4) is 5.75 Å². The molecule has 1 heterocycles. The number of nitrogens with one attached hydrogen (secondary N) is 2. The van der Waals surface area contributed by atoms with Gasteiger partial charge >= 0.3 is 4.87 Å². The minimum Gasteiger partial charge on any atom is -0.506 e. The van der Waals surface area contributed by atoms with Gasteiger partial charge in [-0.1, -0.05) is 41.1 Å². The lowest BCUT2D eigenvalue weighted by molar-refractivity contribution is -0.949. The third kappa shape index (κ3) is 6.68. The number of H-pyrrole nitrogens is 1. The van der Waals surface area contributed by atoms with Crippen molar-refractivity contribution in [2.45, 2.75) is 51.0 Å². The van der Waals surface area contributed by atoms with Gasteiger partial charge in [0.05, 0.1) is 36.8 Å². The van der Waals surface area contributed by atoms with Gasteiger partial charge in [0.15, 0.2) is 0 Å². The molecule has 1 saturated carbocycles. The molecule has 1 fully saturated rings. The van der Waals surface area contributed by atoms with Gasteiger partial charge in [0, 0.05) is 18.0 Å². The summed E-state index contributed by atoms with van der Waals surface area (Å²) in [5, 5.41) is 14.4. The molecule has 4 rings (SSSR count). The summed E-state index contributed by atoms with van der Waals surface area (Å²) < 4.78 is 1.71. The summed E-state index contributed by atoms with van der Waals surface area (Å²) in [6.07, 6.45) is 6.91. The molecule has 0 saturated heterocycles. The maximum atomic E-state index is 11.8. The fourth-order valence-corrected chi connectivity index (χ4v) is 6.74. The van der Waals surface area contributed by atoms with Crippen LogP contribution < -0.4 is 15.9 Å². The number of amides is 1. The van der Waals surface area contributed by atoms with Crippen molar-refractivity contribution in [1.82, 2.24) is 10.3 Å². The van der Waals surface area contributed by atoms with E-state index in [1.165, 1.54) is 31.2 Å². The molecule has 1 aromatic heterocycles. The van der Waals surface area contributed by atoms with Gasteiger partial charge in [0.2, 0.25) is 5.91 Å². The van der Waals surface area contributed by atoms with Gasteiger partial charge in [-0.3, -0.25) is 9.59 Å². The van der Waals surface area contributed by atoms with Crippen molar-refractivity contribution in [3.63, 3.8) is 0 Å². The normalized spacial score (nSPS) is 15.9. The van der Waals surface area contributed by atoms with Crippen molar-refractivity contribution in [1.29, 1.82) is 0 Å². The first kappa shape index (κ1) is 26.7. The van der Waals surface area contributed by atoms with Crippen molar-refractivity contribution < 1.29 is 14.4 Å². The number of hydrogen-bond donors (Lipinski definition) is 4. The summed E-state index contributed by atoms with van der Waals surface area (Å²) in [6.45, 7) is 4.24. The van der Waals surface area contributed by atoms with E-state index in [9.17, 15) is 14.7 Å². The Bertz CT molecular complexity index is 1240. The van der Waals surface area contributed by atoms with Gasteiger partial charge in [0.1, 0.15) is 11.3 Å². The fraction of sp³-hybridized carbons (Fsp3) is 0.481. The topological polar surface area (TPSA) is 108 Å². The highest BCUT2D eigenvalue weighted by Crippen LogP contribution is 2.31. The van der Waals surface area contributed by atoms with Crippen LogP contribution in [0, 0.1) is 0 Å². The van der Waals surface area contributed by atoms with Crippen molar-refractivity contribution in [2.24, 2.45) is 5.73 Å². The number of fused-ring (bicyclic) bond motifs is 1. The minimum atomic E-state index is -0.243. The molecule has 1 amide bonds. The lowest BCUT2D eigenvalue weighted by Gasteiger charge is -2.44. The van der Waals surface area contributed by atoms with Gasteiger partial charge in [-0.15, -0.1) is 0 Å². The first-order valence-corrected chi connectivity index (χ1v) is 14.0. The minimum absolute atomic E-state index is 0.105. The average Bonchev–Trinajstić information content (AvgIpc) is 3.52. The standard InChI is InChI=1S/C27H35ClN4O3S/c28-21-5-3-4-19(18-21)11-15-32(16-12-24(29)34,22-6-1-2-7-22)17-14-30-13-10-20-8-9-23(33)25-26(20)36-27(35)31-25/h3-5,8-9,18,22,30H,1-2,6-7,10-17H2,(H3-,29,31,33,34,35)/p+1. The zero-order chi connectivity index (χ0) is 25.5. The Morgan fingerprint density at radius 1 is 1.14 bits per heavy atom. The monoisotopic (exact) mass is 531 g/mol. The summed E-state index contributed by atoms with van der Waals surface area (Å²) in [6, 6.07) is 12.1. The number of nitrogens with two attached hydrogens (primary N) is 1. The van der Waals surface area contributed by atoms with E-state index in [1.807, 2.05) is 24.3 Å². The predicted molar refractivity (Wildman–Crippen MR) is 147 cm³/mol. The van der Waals surface area contributed by atoms with E-state index in [1.54, 1.807) is 6.07 Å². The maximum absolute atomic E-state index is 11.8. The highest BCUT2D eigenvalue weighted by molar-refractivity contribution is 7.16. The highest BCUT2D eigenvalue weighted by Gasteiger charge is 2.38. The van der Waals surface area contributed by atoms with Crippen LogP contribution in [0.3, 0.4) is 0 Å². The zero-order valence-corrected chi connectivity index (χ0v) is 22.2. The maximum Gasteiger partial charge on any atom is 0.305 e. The van der Waals surface area contributed by atoms with Crippen LogP contribution in [0.1, 0.15) is 43.2 Å². The number of rotatable bonds is 13. The van der Waals surface area contributed by atoms with Crippen molar-refractivity contribution in [2.75, 3.05) is 32.7 Å². The smallest absolute Gasteiger partial charge is 0.305 e. The Balaban J connectivity index is 1.42. The fourth-order valence-electron chi connectivity index (χ4n) is 5.63. The van der Waals surface area contributed by atoms with Crippen LogP contribution in [-0.2, 0) is 17.6 Å². The second-order valence-corrected chi connectivity index (χ2v) is 11.3. The number of aromatic amines is 1. The number of nitrogens with zero attached hydrogens (tertiary/aromatic N) is 1. The van der Waals surface area contributed by atoms with Crippen LogP contribution in [0.4, 0.5) is 0 Å². The van der Waals surface area contributed by atoms with E-state index in [2.05, 4.69) is 16.4 Å². The quantitative estimate of drug-likeness (QED) is 0.198. The number of benzene rings is 2. The second kappa shape index (κ2) is 12.2. The van der Waals surface area contributed by atoms with Crippen LogP contribution in [0.2, 0.25) is 5.02 Å². The number of hydrogen-bond acceptors (Lipinski definition) is 5. The summed E-state index contributed by atoms with van der Waals surface area (Å²) in [4.78, 5) is 26.1. The van der Waals surface area contributed by atoms with Gasteiger partial charge in [-0.25, -0.2) is 0 Å². The first-order valence-electron chi connectivity index (χ1n) is 12.8. The molecule has 0 bridgehead atoms. The number of thiazole rings is 1. The Hall–Kier alpha value is -2.39. The number of quaternary nitrogens is 1. The first-order chi connectivity index (χ1) is 17.4. The molecular formula is C27H36ClN4O3S+. The Kier molecular flexibility index (Phi) is 9.06. The molecule has 0 aliphatic heterocycles. The molecule has 5 N–H and O–H groups in total. The molecule has 36 heavy (non-hydrogen) atoms. The van der Waals surface area contributed by atoms with Gasteiger partial charge in [-0.2, -0.15) is 0 Å². The van der Waals surface area contributed by atoms with E-state index >= 15 is 0 Å². The van der Waals surface area contributed by atoms with Crippen LogP contribution >= 0.6 is 22.9 Å². The number of aromatic hydroxyl groups is 1. The molecule has 0 spiro atoms. The zero-order valence-electron chi connectivity index (χ0n) is 20.6. The number of carbonyl (C=O) groups is 1. The number of aromatic nitrogens is 1. The summed E-state index contributed by atoms with van der Waals surface area (Å²) in [5.74, 6) is -0.138. The van der Waals surface area contributed by atoms with Gasteiger partial charge < -0.3 is 25.6 Å². The molecule has 1 atom stereocenters. The van der Waals surface area contributed by atoms with Gasteiger partial charge in [-0.05, 0) is 68.0 Å². The molecule has 1 unspecified atom stereocenters. The van der Waals surface area contributed by atoms with Crippen LogP contribution in [0.5, 0.6) is 5.75 Å². The number of carbonyl (C=O) groups excluding carboxylic acids is 1. The van der Waals surface area contributed by atoms with Gasteiger partial charge in [0.25, 0.3) is 0 Å². The highest BCUT2D eigenvalue weighted by atomic mass is 35.5. The lowest BCUT2D eigenvalue weighted by atomic mass is 10.0. The summed E-state index contributed by atoms with van der Waals surface area (Å²) >= 11 is 7.37. The second-order valence-electron chi connectivity index (χ2n) is 9.89. The molecule has 194 valence electrons. The van der Waals surface area contributed by atoms with E-state index in [4.69, 9.17) is 17.3 Å². The third-order valence-corrected chi connectivity index (χ3v) is 8.77. The van der Waals surface area contributed by atoms with E-state index < -0.39 is 0 Å². The van der Waals surface area contributed by atoms with Crippen LogP contribution in [0.15, 0.2) is 41.2 Å². The lowest BCUT2D eigenvalue weighted by Crippen LogP contribution is -2.59. The number of phenolic OH excluding ortho intramolecular Hbond substituents is 1. The van der Waals surface area contributed by atoms with Crippen LogP contribution in [0.25, 0.3) is 10.2 Å². The van der Waals surface area contributed by atoms with E-state index in [0.717, 1.165) is 76.7 Å². The van der Waals surface area contributed by atoms with Crippen LogP contribution in [-0.4, -0.2) is 59.2 Å². The molecule has 2 aromatic carbocycles. The average molecular weight is 532 g/mol. The largest absolute Gasteiger partial charge is 0.506 e. The molecule has 9 heteroatoms. The Labute approximate surface area is 220 Å². The number of halogens is 1.